The first-order valence-corrected chi connectivity index (χ1v) is 9.16. The van der Waals surface area contributed by atoms with Crippen LogP contribution in [0.1, 0.15) is 32.3 Å². The van der Waals surface area contributed by atoms with E-state index < -0.39 is 24.0 Å². The Morgan fingerprint density at radius 2 is 1.85 bits per heavy atom. The van der Waals surface area contributed by atoms with Crippen LogP contribution in [0.25, 0.3) is 0 Å². The molecule has 0 spiro atoms. The van der Waals surface area contributed by atoms with Gasteiger partial charge in [-0.2, -0.15) is 13.2 Å². The third kappa shape index (κ3) is 5.76. The normalized spacial score (nSPS) is 20.6. The summed E-state index contributed by atoms with van der Waals surface area (Å²) in [5.41, 5.74) is 0.722. The maximum atomic E-state index is 13.2. The van der Waals surface area contributed by atoms with Crippen LogP contribution < -0.4 is 9.47 Å². The van der Waals surface area contributed by atoms with Crippen LogP contribution in [-0.2, 0) is 11.3 Å². The van der Waals surface area contributed by atoms with E-state index in [9.17, 15) is 18.0 Å². The first-order valence-electron chi connectivity index (χ1n) is 9.16. The van der Waals surface area contributed by atoms with Gasteiger partial charge in [0.05, 0.1) is 25.0 Å². The van der Waals surface area contributed by atoms with Crippen LogP contribution in [0.4, 0.5) is 13.2 Å². The van der Waals surface area contributed by atoms with Crippen LogP contribution in [-0.4, -0.2) is 48.5 Å². The Kier molecular flexibility index (Phi) is 7.35. The summed E-state index contributed by atoms with van der Waals surface area (Å²) in [7, 11) is 0. The third-order valence-corrected chi connectivity index (χ3v) is 4.50. The molecule has 0 aromatic heterocycles. The number of halogens is 3. The summed E-state index contributed by atoms with van der Waals surface area (Å²) < 4.78 is 50.8. The van der Waals surface area contributed by atoms with E-state index in [-0.39, 0.29) is 19.6 Å². The Labute approximate surface area is 157 Å². The number of nitrogens with zero attached hydrogens (tertiary/aromatic N) is 1. The molecule has 0 bridgehead atoms. The molecule has 152 valence electrons. The fourth-order valence-electron chi connectivity index (χ4n) is 3.16. The monoisotopic (exact) mass is 389 g/mol. The molecule has 0 amide bonds. The van der Waals surface area contributed by atoms with Crippen molar-refractivity contribution in [2.24, 2.45) is 11.8 Å². The second-order valence-electron chi connectivity index (χ2n) is 6.75. The lowest BCUT2D eigenvalue weighted by atomic mass is 9.96. The highest BCUT2D eigenvalue weighted by Crippen LogP contribution is 2.39. The van der Waals surface area contributed by atoms with Gasteiger partial charge in [-0.25, -0.2) is 0 Å². The molecule has 0 unspecified atom stereocenters. The number of carboxylic acids is 1. The van der Waals surface area contributed by atoms with Gasteiger partial charge in [-0.15, -0.1) is 0 Å². The molecule has 2 rings (SSSR count). The highest BCUT2D eigenvalue weighted by molar-refractivity contribution is 5.71. The highest BCUT2D eigenvalue weighted by atomic mass is 19.4. The number of hydrogen-bond donors (Lipinski definition) is 1. The predicted octanol–water partition coefficient (Wildman–Crippen LogP) is 3.96. The smallest absolute Gasteiger partial charge is 0.393 e. The van der Waals surface area contributed by atoms with E-state index in [1.54, 1.807) is 18.2 Å². The number of ether oxygens (including phenoxy) is 2. The zero-order valence-electron chi connectivity index (χ0n) is 15.6. The quantitative estimate of drug-likeness (QED) is 0.693. The molecule has 1 N–H and O–H groups in total. The zero-order valence-corrected chi connectivity index (χ0v) is 15.6. The molecule has 1 fully saturated rings. The minimum Gasteiger partial charge on any atom is -0.493 e. The molecule has 0 aliphatic carbocycles. The Hall–Kier alpha value is -1.96. The van der Waals surface area contributed by atoms with Crippen LogP contribution in [0.15, 0.2) is 18.2 Å². The van der Waals surface area contributed by atoms with Gasteiger partial charge in [0.2, 0.25) is 0 Å². The van der Waals surface area contributed by atoms with E-state index >= 15 is 0 Å². The summed E-state index contributed by atoms with van der Waals surface area (Å²) in [4.78, 5) is 12.8. The Bertz CT molecular complexity index is 636. The lowest BCUT2D eigenvalue weighted by molar-refractivity contribution is -0.188. The Morgan fingerprint density at radius 1 is 1.19 bits per heavy atom. The molecule has 1 aromatic rings. The molecule has 1 saturated heterocycles. The molecule has 5 nitrogen and oxygen atoms in total. The van der Waals surface area contributed by atoms with E-state index in [1.807, 2.05) is 13.8 Å². The van der Waals surface area contributed by atoms with Gasteiger partial charge in [0, 0.05) is 31.3 Å². The fourth-order valence-corrected chi connectivity index (χ4v) is 3.16. The van der Waals surface area contributed by atoms with Crippen molar-refractivity contribution >= 4 is 5.97 Å². The van der Waals surface area contributed by atoms with Crippen LogP contribution >= 0.6 is 0 Å². The second-order valence-corrected chi connectivity index (χ2v) is 6.75. The lowest BCUT2D eigenvalue weighted by Gasteiger charge is -2.20. The first-order chi connectivity index (χ1) is 12.8. The summed E-state index contributed by atoms with van der Waals surface area (Å²) >= 11 is 0. The maximum Gasteiger partial charge on any atom is 0.393 e. The van der Waals surface area contributed by atoms with E-state index in [4.69, 9.17) is 14.6 Å². The van der Waals surface area contributed by atoms with E-state index in [2.05, 4.69) is 0 Å². The van der Waals surface area contributed by atoms with Gasteiger partial charge in [-0.3, -0.25) is 9.69 Å². The molecular weight excluding hydrogens is 363 g/mol. The lowest BCUT2D eigenvalue weighted by Crippen LogP contribution is -2.33. The van der Waals surface area contributed by atoms with Crippen molar-refractivity contribution < 1.29 is 32.5 Å². The van der Waals surface area contributed by atoms with Crippen molar-refractivity contribution in [1.29, 1.82) is 0 Å². The maximum absolute atomic E-state index is 13.2. The third-order valence-electron chi connectivity index (χ3n) is 4.50. The van der Waals surface area contributed by atoms with Gasteiger partial charge >= 0.3 is 12.1 Å². The standard InChI is InChI=1S/C19H26F3NO4/c1-3-7-26-14-6-5-13(17(9-14)27-8-4-2)10-23-11-15(18(24)25)16(12-23)19(20,21)22/h5-6,9,15-16H,3-4,7-8,10-12H2,1-2H3,(H,24,25)/t15-,16-/m1/s1. The minimum atomic E-state index is -4.53. The number of rotatable bonds is 9. The first kappa shape index (κ1) is 21.3. The van der Waals surface area contributed by atoms with E-state index in [1.165, 1.54) is 4.90 Å². The van der Waals surface area contributed by atoms with Crippen LogP contribution in [0, 0.1) is 11.8 Å². The summed E-state index contributed by atoms with van der Waals surface area (Å²) in [5, 5.41) is 9.15. The Morgan fingerprint density at radius 3 is 2.41 bits per heavy atom. The number of carbonyl (C=O) groups is 1. The molecule has 2 atom stereocenters. The molecule has 8 heteroatoms. The van der Waals surface area contributed by atoms with Crippen molar-refractivity contribution in [3.8, 4) is 11.5 Å². The van der Waals surface area contributed by atoms with E-state index in [0.717, 1.165) is 18.4 Å². The molecule has 27 heavy (non-hydrogen) atoms. The van der Waals surface area contributed by atoms with Crippen LogP contribution in [0.3, 0.4) is 0 Å². The summed E-state index contributed by atoms with van der Waals surface area (Å²) in [6, 6.07) is 5.27. The average molecular weight is 389 g/mol. The molecule has 1 aliphatic rings. The van der Waals surface area contributed by atoms with Crippen molar-refractivity contribution in [2.75, 3.05) is 26.3 Å². The van der Waals surface area contributed by atoms with Crippen molar-refractivity contribution in [1.82, 2.24) is 4.90 Å². The molecule has 1 aliphatic heterocycles. The minimum absolute atomic E-state index is 0.138. The molecule has 1 heterocycles. The topological polar surface area (TPSA) is 59.0 Å². The van der Waals surface area contributed by atoms with Gasteiger partial charge in [0.15, 0.2) is 0 Å². The van der Waals surface area contributed by atoms with Crippen molar-refractivity contribution in [3.05, 3.63) is 23.8 Å². The van der Waals surface area contributed by atoms with Crippen molar-refractivity contribution in [2.45, 2.75) is 39.4 Å². The van der Waals surface area contributed by atoms with Crippen LogP contribution in [0.2, 0.25) is 0 Å². The molecular formula is C19H26F3NO4. The Balaban J connectivity index is 2.16. The number of benzene rings is 1. The predicted molar refractivity (Wildman–Crippen MR) is 94.0 cm³/mol. The highest BCUT2D eigenvalue weighted by Gasteiger charge is 2.52. The summed E-state index contributed by atoms with van der Waals surface area (Å²) in [5.74, 6) is -3.51. The zero-order chi connectivity index (χ0) is 20.0. The molecule has 0 saturated carbocycles. The van der Waals surface area contributed by atoms with E-state index in [0.29, 0.717) is 24.7 Å². The molecule has 0 radical (unpaired) electrons. The van der Waals surface area contributed by atoms with Gasteiger partial charge in [0.1, 0.15) is 11.5 Å². The van der Waals surface area contributed by atoms with Crippen LogP contribution in [0.5, 0.6) is 11.5 Å². The SMILES string of the molecule is CCCOc1ccc(CN2C[C@@H](C(F)(F)F)[C@H](C(=O)O)C2)c(OCCC)c1. The number of hydrogen-bond acceptors (Lipinski definition) is 4. The summed E-state index contributed by atoms with van der Waals surface area (Å²) in [6.07, 6.45) is -2.88. The number of carboxylic acid groups (broad SMARTS) is 1. The van der Waals surface area contributed by atoms with Gasteiger partial charge in [0.25, 0.3) is 0 Å². The number of alkyl halides is 3. The van der Waals surface area contributed by atoms with Gasteiger partial charge < -0.3 is 14.6 Å². The van der Waals surface area contributed by atoms with Gasteiger partial charge in [-0.05, 0) is 18.9 Å². The fraction of sp³-hybridized carbons (Fsp3) is 0.632. The van der Waals surface area contributed by atoms with Crippen molar-refractivity contribution in [3.63, 3.8) is 0 Å². The molecule has 1 aromatic carbocycles. The summed E-state index contributed by atoms with van der Waals surface area (Å²) in [6.45, 7) is 4.72. The van der Waals surface area contributed by atoms with Gasteiger partial charge in [-0.1, -0.05) is 19.9 Å². The number of aliphatic carboxylic acids is 1. The number of likely N-dealkylation sites (tertiary alicyclic amines) is 1. The largest absolute Gasteiger partial charge is 0.493 e. The second kappa shape index (κ2) is 9.30. The average Bonchev–Trinajstić information content (AvgIpc) is 3.04.